The maximum Gasteiger partial charge on any atom is 0.349 e. The van der Waals surface area contributed by atoms with E-state index in [0.717, 1.165) is 7.11 Å². The molecule has 0 saturated heterocycles. The zero-order valence-corrected chi connectivity index (χ0v) is 10.4. The van der Waals surface area contributed by atoms with E-state index in [1.165, 1.54) is 18.2 Å². The standard InChI is InChI=1S/C12H11NO4S/c1-17-12(14)11-6-5-10(18(11,15)16)8-3-2-4-9(13)7-8/h2-7H,13H2,1H3. The van der Waals surface area contributed by atoms with Crippen molar-refractivity contribution < 1.29 is 17.9 Å². The Morgan fingerprint density at radius 3 is 2.61 bits per heavy atom. The first-order valence-corrected chi connectivity index (χ1v) is 6.56. The number of allylic oxidation sites excluding steroid dienone is 2. The number of nitrogen functional groups attached to an aromatic ring is 1. The summed E-state index contributed by atoms with van der Waals surface area (Å²) in [4.78, 5) is 11.0. The minimum absolute atomic E-state index is 0.0511. The Hall–Kier alpha value is -2.08. The van der Waals surface area contributed by atoms with Gasteiger partial charge in [-0.25, -0.2) is 13.2 Å². The number of rotatable bonds is 2. The van der Waals surface area contributed by atoms with E-state index in [-0.39, 0.29) is 9.81 Å². The minimum Gasteiger partial charge on any atom is -0.465 e. The van der Waals surface area contributed by atoms with Crippen LogP contribution in [0, 0.1) is 0 Å². The van der Waals surface area contributed by atoms with E-state index in [1.807, 2.05) is 0 Å². The Morgan fingerprint density at radius 1 is 1.28 bits per heavy atom. The van der Waals surface area contributed by atoms with Gasteiger partial charge < -0.3 is 10.5 Å². The van der Waals surface area contributed by atoms with Gasteiger partial charge in [-0.05, 0) is 29.8 Å². The molecule has 0 saturated carbocycles. The Morgan fingerprint density at radius 2 is 2.00 bits per heavy atom. The van der Waals surface area contributed by atoms with Crippen LogP contribution in [0.1, 0.15) is 5.56 Å². The molecule has 5 nitrogen and oxygen atoms in total. The van der Waals surface area contributed by atoms with Crippen molar-refractivity contribution in [3.05, 3.63) is 46.9 Å². The van der Waals surface area contributed by atoms with Crippen LogP contribution in [0.25, 0.3) is 4.91 Å². The second-order valence-electron chi connectivity index (χ2n) is 3.68. The molecule has 0 aliphatic carbocycles. The summed E-state index contributed by atoms with van der Waals surface area (Å²) in [5, 5.41) is 0. The van der Waals surface area contributed by atoms with Gasteiger partial charge in [0.25, 0.3) is 0 Å². The molecular weight excluding hydrogens is 254 g/mol. The molecule has 0 unspecified atom stereocenters. The fourth-order valence-corrected chi connectivity index (χ4v) is 3.14. The quantitative estimate of drug-likeness (QED) is 0.639. The van der Waals surface area contributed by atoms with E-state index in [4.69, 9.17) is 5.73 Å². The van der Waals surface area contributed by atoms with Crippen LogP contribution in [0.4, 0.5) is 5.69 Å². The predicted molar refractivity (Wildman–Crippen MR) is 67.9 cm³/mol. The third-order valence-corrected chi connectivity index (χ3v) is 4.36. The van der Waals surface area contributed by atoms with Gasteiger partial charge in [0.2, 0.25) is 9.84 Å². The number of benzene rings is 1. The lowest BCUT2D eigenvalue weighted by Gasteiger charge is -2.06. The lowest BCUT2D eigenvalue weighted by Crippen LogP contribution is -2.13. The second-order valence-corrected chi connectivity index (χ2v) is 5.57. The van der Waals surface area contributed by atoms with Gasteiger partial charge in [-0.1, -0.05) is 12.1 Å². The summed E-state index contributed by atoms with van der Waals surface area (Å²) in [5.41, 5.74) is 6.51. The van der Waals surface area contributed by atoms with Crippen LogP contribution in [-0.2, 0) is 19.4 Å². The van der Waals surface area contributed by atoms with Crippen LogP contribution < -0.4 is 5.73 Å². The third-order valence-electron chi connectivity index (χ3n) is 2.52. The highest BCUT2D eigenvalue weighted by Crippen LogP contribution is 2.33. The SMILES string of the molecule is COC(=O)C1=CC=C(c2cccc(N)c2)S1(=O)=O. The lowest BCUT2D eigenvalue weighted by molar-refractivity contribution is -0.135. The fraction of sp³-hybridized carbons (Fsp3) is 0.0833. The second kappa shape index (κ2) is 4.30. The van der Waals surface area contributed by atoms with Gasteiger partial charge in [0.15, 0.2) is 4.91 Å². The molecule has 1 heterocycles. The normalized spacial score (nSPS) is 16.9. The van der Waals surface area contributed by atoms with E-state index in [9.17, 15) is 13.2 Å². The highest BCUT2D eigenvalue weighted by Gasteiger charge is 2.33. The summed E-state index contributed by atoms with van der Waals surface area (Å²) in [6.45, 7) is 0. The van der Waals surface area contributed by atoms with Crippen molar-refractivity contribution in [2.75, 3.05) is 12.8 Å². The number of methoxy groups -OCH3 is 1. The van der Waals surface area contributed by atoms with Crippen LogP contribution in [0.15, 0.2) is 41.3 Å². The van der Waals surface area contributed by atoms with Crippen molar-refractivity contribution in [1.82, 2.24) is 0 Å². The van der Waals surface area contributed by atoms with Crippen LogP contribution in [0.3, 0.4) is 0 Å². The van der Waals surface area contributed by atoms with E-state index in [0.29, 0.717) is 11.3 Å². The molecule has 2 rings (SSSR count). The number of hydrogen-bond acceptors (Lipinski definition) is 5. The maximum atomic E-state index is 12.1. The van der Waals surface area contributed by atoms with E-state index in [1.54, 1.807) is 18.2 Å². The lowest BCUT2D eigenvalue weighted by atomic mass is 10.2. The van der Waals surface area contributed by atoms with Crippen molar-refractivity contribution in [2.24, 2.45) is 0 Å². The Balaban J connectivity index is 2.45. The van der Waals surface area contributed by atoms with Crippen molar-refractivity contribution in [3.63, 3.8) is 0 Å². The molecule has 2 N–H and O–H groups in total. The van der Waals surface area contributed by atoms with Gasteiger partial charge in [-0.3, -0.25) is 0 Å². The molecule has 0 fully saturated rings. The number of anilines is 1. The first-order valence-electron chi connectivity index (χ1n) is 5.08. The van der Waals surface area contributed by atoms with Crippen LogP contribution in [0.5, 0.6) is 0 Å². The monoisotopic (exact) mass is 265 g/mol. The molecule has 18 heavy (non-hydrogen) atoms. The maximum absolute atomic E-state index is 12.1. The summed E-state index contributed by atoms with van der Waals surface area (Å²) < 4.78 is 28.7. The van der Waals surface area contributed by atoms with Crippen molar-refractivity contribution in [1.29, 1.82) is 0 Å². The Bertz CT molecular complexity index is 671. The predicted octanol–water partition coefficient (Wildman–Crippen LogP) is 1.09. The number of carbonyl (C=O) groups is 1. The molecule has 94 valence electrons. The van der Waals surface area contributed by atoms with Crippen LogP contribution >= 0.6 is 0 Å². The highest BCUT2D eigenvalue weighted by atomic mass is 32.2. The van der Waals surface area contributed by atoms with Crippen LogP contribution in [0.2, 0.25) is 0 Å². The minimum atomic E-state index is -3.82. The summed E-state index contributed by atoms with van der Waals surface area (Å²) in [6, 6.07) is 6.46. The van der Waals surface area contributed by atoms with Crippen molar-refractivity contribution >= 4 is 26.4 Å². The summed E-state index contributed by atoms with van der Waals surface area (Å²) in [7, 11) is -2.68. The molecule has 0 radical (unpaired) electrons. The largest absolute Gasteiger partial charge is 0.465 e. The molecule has 1 aliphatic rings. The average molecular weight is 265 g/mol. The first kappa shape index (κ1) is 12.4. The number of nitrogens with two attached hydrogens (primary N) is 1. The molecule has 0 bridgehead atoms. The molecular formula is C12H11NO4S. The molecule has 6 heteroatoms. The van der Waals surface area contributed by atoms with Gasteiger partial charge in [0, 0.05) is 5.69 Å². The van der Waals surface area contributed by atoms with Gasteiger partial charge in [-0.15, -0.1) is 0 Å². The Labute approximate surface area is 104 Å². The number of hydrogen-bond donors (Lipinski definition) is 1. The molecule has 0 amide bonds. The molecule has 0 spiro atoms. The van der Waals surface area contributed by atoms with E-state index >= 15 is 0 Å². The molecule has 1 aromatic carbocycles. The molecule has 0 atom stereocenters. The van der Waals surface area contributed by atoms with Gasteiger partial charge in [0.1, 0.15) is 0 Å². The number of esters is 1. The smallest absolute Gasteiger partial charge is 0.349 e. The third kappa shape index (κ3) is 1.91. The zero-order valence-electron chi connectivity index (χ0n) is 9.58. The number of carbonyl (C=O) groups excluding carboxylic acids is 1. The van der Waals surface area contributed by atoms with E-state index < -0.39 is 15.8 Å². The molecule has 1 aliphatic heterocycles. The summed E-state index contributed by atoms with van der Waals surface area (Å²) in [5.74, 6) is -0.870. The summed E-state index contributed by atoms with van der Waals surface area (Å²) >= 11 is 0. The highest BCUT2D eigenvalue weighted by molar-refractivity contribution is 8.05. The van der Waals surface area contributed by atoms with Crippen molar-refractivity contribution in [3.8, 4) is 0 Å². The van der Waals surface area contributed by atoms with Gasteiger partial charge in [0.05, 0.1) is 12.0 Å². The van der Waals surface area contributed by atoms with Gasteiger partial charge in [-0.2, -0.15) is 0 Å². The van der Waals surface area contributed by atoms with Crippen LogP contribution in [-0.4, -0.2) is 21.5 Å². The Kier molecular flexibility index (Phi) is 2.96. The van der Waals surface area contributed by atoms with Crippen molar-refractivity contribution in [2.45, 2.75) is 0 Å². The topological polar surface area (TPSA) is 86.5 Å². The number of sulfone groups is 1. The average Bonchev–Trinajstić information content (AvgIpc) is 2.63. The summed E-state index contributed by atoms with van der Waals surface area (Å²) in [6.07, 6.45) is 2.61. The molecule has 1 aromatic rings. The zero-order chi connectivity index (χ0) is 13.3. The van der Waals surface area contributed by atoms with Gasteiger partial charge >= 0.3 is 5.97 Å². The fourth-order valence-electron chi connectivity index (χ4n) is 1.67. The first-order chi connectivity index (χ1) is 8.46. The number of ether oxygens (including phenoxy) is 1. The molecule has 0 aromatic heterocycles. The van der Waals surface area contributed by atoms with E-state index in [2.05, 4.69) is 4.74 Å².